The first-order valence-corrected chi connectivity index (χ1v) is 15.1. The smallest absolute Gasteiger partial charge is 0.243 e. The predicted molar refractivity (Wildman–Crippen MR) is 160 cm³/mol. The van der Waals surface area contributed by atoms with Crippen molar-refractivity contribution in [2.45, 2.75) is 62.9 Å². The number of carbonyl (C=O) groups excluding carboxylic acids is 2. The molecule has 1 N–H and O–H groups in total. The summed E-state index contributed by atoms with van der Waals surface area (Å²) in [6.45, 7) is 0.318. The van der Waals surface area contributed by atoms with E-state index < -0.39 is 6.04 Å². The topological polar surface area (TPSA) is 58.6 Å². The number of hydrogen-bond acceptors (Lipinski definition) is 4. The van der Waals surface area contributed by atoms with Gasteiger partial charge in [0.15, 0.2) is 0 Å². The molecule has 206 valence electrons. The highest BCUT2D eigenvalue weighted by Crippen LogP contribution is 2.24. The molecule has 39 heavy (non-hydrogen) atoms. The molecule has 0 aromatic heterocycles. The summed E-state index contributed by atoms with van der Waals surface area (Å²) in [4.78, 5) is 29.5. The maximum absolute atomic E-state index is 13.9. The number of benzene rings is 3. The van der Waals surface area contributed by atoms with Crippen molar-refractivity contribution in [2.24, 2.45) is 0 Å². The molecule has 0 aliphatic heterocycles. The molecule has 0 saturated heterocycles. The summed E-state index contributed by atoms with van der Waals surface area (Å²) in [6.07, 6.45) is 5.88. The van der Waals surface area contributed by atoms with Gasteiger partial charge in [0.05, 0.1) is 12.9 Å². The monoisotopic (exact) mass is 564 g/mol. The molecule has 1 aliphatic rings. The fraction of sp³-hybridized carbons (Fsp3) is 0.375. The Hall–Kier alpha value is -2.96. The zero-order valence-corrected chi connectivity index (χ0v) is 24.1. The van der Waals surface area contributed by atoms with Gasteiger partial charge in [-0.05, 0) is 47.7 Å². The number of nitrogens with one attached hydrogen (secondary N) is 1. The van der Waals surface area contributed by atoms with Crippen LogP contribution in [0.5, 0.6) is 5.75 Å². The van der Waals surface area contributed by atoms with E-state index in [2.05, 4.69) is 5.32 Å². The van der Waals surface area contributed by atoms with E-state index >= 15 is 0 Å². The van der Waals surface area contributed by atoms with Crippen LogP contribution < -0.4 is 10.1 Å². The molecule has 0 bridgehead atoms. The Kier molecular flexibility index (Phi) is 11.2. The van der Waals surface area contributed by atoms with Crippen LogP contribution in [0.15, 0.2) is 78.9 Å². The summed E-state index contributed by atoms with van der Waals surface area (Å²) >= 11 is 7.85. The van der Waals surface area contributed by atoms with Crippen LogP contribution in [0.25, 0.3) is 0 Å². The number of amides is 2. The van der Waals surface area contributed by atoms with Crippen molar-refractivity contribution in [3.8, 4) is 5.75 Å². The Labute approximate surface area is 241 Å². The van der Waals surface area contributed by atoms with Crippen LogP contribution in [-0.2, 0) is 28.3 Å². The van der Waals surface area contributed by atoms with Gasteiger partial charge >= 0.3 is 0 Å². The zero-order valence-electron chi connectivity index (χ0n) is 22.5. The van der Waals surface area contributed by atoms with Gasteiger partial charge in [-0.25, -0.2) is 0 Å². The number of carbonyl (C=O) groups is 2. The molecular formula is C32H37ClN2O3S. The minimum absolute atomic E-state index is 0.0744. The standard InChI is InChI=1S/C32H37ClN2O3S/c1-38-28-17-10-13-25(19-28)21-35(31(36)23-39-22-26-14-8-9-18-29(26)33)30(20-24-11-4-2-5-12-24)32(37)34-27-15-6-3-7-16-27/h2,4-5,8-14,17-19,27,30H,3,6-7,15-16,20-23H2,1H3,(H,34,37). The second kappa shape index (κ2) is 15.0. The van der Waals surface area contributed by atoms with Gasteiger partial charge < -0.3 is 15.0 Å². The molecule has 5 nitrogen and oxygen atoms in total. The van der Waals surface area contributed by atoms with E-state index in [-0.39, 0.29) is 23.6 Å². The Morgan fingerprint density at radius 3 is 2.44 bits per heavy atom. The van der Waals surface area contributed by atoms with E-state index in [1.54, 1.807) is 12.0 Å². The SMILES string of the molecule is COc1cccc(CN(C(=O)CSCc2ccccc2Cl)C(Cc2ccccc2)C(=O)NC2CCCCC2)c1. The number of halogens is 1. The number of hydrogen-bond donors (Lipinski definition) is 1. The van der Waals surface area contributed by atoms with E-state index in [1.165, 1.54) is 18.2 Å². The van der Waals surface area contributed by atoms with E-state index in [0.717, 1.165) is 48.1 Å². The molecule has 4 rings (SSSR count). The highest BCUT2D eigenvalue weighted by Gasteiger charge is 2.32. The van der Waals surface area contributed by atoms with Gasteiger partial charge in [-0.2, -0.15) is 0 Å². The highest BCUT2D eigenvalue weighted by molar-refractivity contribution is 7.99. The van der Waals surface area contributed by atoms with Crippen LogP contribution in [0.4, 0.5) is 0 Å². The van der Waals surface area contributed by atoms with Crippen LogP contribution in [0.2, 0.25) is 5.02 Å². The second-order valence-electron chi connectivity index (χ2n) is 10.0. The summed E-state index contributed by atoms with van der Waals surface area (Å²) in [5.74, 6) is 1.43. The molecule has 0 heterocycles. The molecule has 0 radical (unpaired) electrons. The third kappa shape index (κ3) is 8.77. The van der Waals surface area contributed by atoms with E-state index in [9.17, 15) is 9.59 Å². The Bertz CT molecular complexity index is 1220. The molecule has 0 spiro atoms. The molecule has 1 fully saturated rings. The third-order valence-corrected chi connectivity index (χ3v) is 8.49. The lowest BCUT2D eigenvalue weighted by molar-refractivity contribution is -0.139. The fourth-order valence-electron chi connectivity index (χ4n) is 5.01. The second-order valence-corrected chi connectivity index (χ2v) is 11.4. The van der Waals surface area contributed by atoms with Crippen molar-refractivity contribution in [3.05, 3.63) is 101 Å². The largest absolute Gasteiger partial charge is 0.497 e. The molecular weight excluding hydrogens is 528 g/mol. The van der Waals surface area contributed by atoms with Gasteiger partial charge in [0.25, 0.3) is 0 Å². The first kappa shape index (κ1) is 29.0. The number of ether oxygens (including phenoxy) is 1. The molecule has 1 unspecified atom stereocenters. The summed E-state index contributed by atoms with van der Waals surface area (Å²) < 4.78 is 5.43. The molecule has 7 heteroatoms. The highest BCUT2D eigenvalue weighted by atomic mass is 35.5. The van der Waals surface area contributed by atoms with Gasteiger partial charge in [0.1, 0.15) is 11.8 Å². The Balaban J connectivity index is 1.58. The molecule has 1 saturated carbocycles. The van der Waals surface area contributed by atoms with E-state index in [0.29, 0.717) is 23.7 Å². The van der Waals surface area contributed by atoms with Gasteiger partial charge in [0, 0.05) is 29.8 Å². The fourth-order valence-corrected chi connectivity index (χ4v) is 6.21. The zero-order chi connectivity index (χ0) is 27.5. The van der Waals surface area contributed by atoms with Gasteiger partial charge in [-0.15, -0.1) is 11.8 Å². The van der Waals surface area contributed by atoms with Crippen molar-refractivity contribution in [1.82, 2.24) is 10.2 Å². The molecule has 1 atom stereocenters. The maximum Gasteiger partial charge on any atom is 0.243 e. The molecule has 3 aromatic carbocycles. The third-order valence-electron chi connectivity index (χ3n) is 7.15. The Morgan fingerprint density at radius 1 is 0.974 bits per heavy atom. The van der Waals surface area contributed by atoms with Crippen molar-refractivity contribution in [3.63, 3.8) is 0 Å². The average molecular weight is 565 g/mol. The predicted octanol–water partition coefficient (Wildman–Crippen LogP) is 6.67. The summed E-state index contributed by atoms with van der Waals surface area (Å²) in [5.41, 5.74) is 2.93. The normalized spacial score (nSPS) is 14.4. The summed E-state index contributed by atoms with van der Waals surface area (Å²) in [7, 11) is 1.63. The quantitative estimate of drug-likeness (QED) is 0.267. The van der Waals surface area contributed by atoms with Crippen molar-refractivity contribution in [2.75, 3.05) is 12.9 Å². The lowest BCUT2D eigenvalue weighted by Gasteiger charge is -2.33. The lowest BCUT2D eigenvalue weighted by atomic mass is 9.94. The van der Waals surface area contributed by atoms with Crippen molar-refractivity contribution >= 4 is 35.2 Å². The number of thioether (sulfide) groups is 1. The summed E-state index contributed by atoms with van der Waals surface area (Å²) in [5, 5.41) is 3.98. The molecule has 2 amide bonds. The van der Waals surface area contributed by atoms with Crippen LogP contribution in [0.3, 0.4) is 0 Å². The first-order valence-electron chi connectivity index (χ1n) is 13.6. The van der Waals surface area contributed by atoms with Crippen molar-refractivity contribution < 1.29 is 14.3 Å². The van der Waals surface area contributed by atoms with Crippen LogP contribution in [0.1, 0.15) is 48.8 Å². The van der Waals surface area contributed by atoms with Crippen molar-refractivity contribution in [1.29, 1.82) is 0 Å². The van der Waals surface area contributed by atoms with E-state index in [4.69, 9.17) is 16.3 Å². The van der Waals surface area contributed by atoms with Crippen LogP contribution >= 0.6 is 23.4 Å². The van der Waals surface area contributed by atoms with E-state index in [1.807, 2.05) is 78.9 Å². The van der Waals surface area contributed by atoms with Gasteiger partial charge in [0.2, 0.25) is 11.8 Å². The summed E-state index contributed by atoms with van der Waals surface area (Å²) in [6, 6.07) is 24.8. The van der Waals surface area contributed by atoms with Gasteiger partial charge in [-0.1, -0.05) is 91.5 Å². The molecule has 3 aromatic rings. The van der Waals surface area contributed by atoms with Crippen LogP contribution in [-0.4, -0.2) is 41.7 Å². The number of methoxy groups -OCH3 is 1. The van der Waals surface area contributed by atoms with Crippen LogP contribution in [0, 0.1) is 0 Å². The van der Waals surface area contributed by atoms with Gasteiger partial charge in [-0.3, -0.25) is 9.59 Å². The first-order chi connectivity index (χ1) is 19.0. The number of rotatable bonds is 12. The minimum Gasteiger partial charge on any atom is -0.497 e. The average Bonchev–Trinajstić information content (AvgIpc) is 2.97. The Morgan fingerprint density at radius 2 is 1.69 bits per heavy atom. The maximum atomic E-state index is 13.9. The lowest BCUT2D eigenvalue weighted by Crippen LogP contribution is -2.53. The molecule has 1 aliphatic carbocycles. The number of nitrogens with zero attached hydrogens (tertiary/aromatic N) is 1. The minimum atomic E-state index is -0.631.